The SMILES string of the molecule is CC(C)(C)Cc1cc(-c2[c-]cccc2)ncc1[Si](C)(C)C.Cc1ccc2c(n1)oc1c(-c3nc4ccccc4n3-c3c(C(C)C)c4ccccc4c4ccccc34)[c-]ccc12.[Ir]. The van der Waals surface area contributed by atoms with E-state index in [9.17, 15) is 0 Å². The zero-order chi connectivity index (χ0) is 42.6. The van der Waals surface area contributed by atoms with E-state index in [1.807, 2.05) is 43.3 Å². The van der Waals surface area contributed by atoms with Gasteiger partial charge in [0.2, 0.25) is 5.71 Å². The molecule has 0 atom stereocenters. The van der Waals surface area contributed by atoms with Crippen molar-refractivity contribution in [2.75, 3.05) is 0 Å². The first-order valence-corrected chi connectivity index (χ1v) is 24.9. The van der Waals surface area contributed by atoms with E-state index in [0.29, 0.717) is 5.71 Å². The molecule has 7 heteroatoms. The molecule has 10 aromatic rings. The predicted octanol–water partition coefficient (Wildman–Crippen LogP) is 14.2. The third-order valence-corrected chi connectivity index (χ3v) is 13.5. The second kappa shape index (κ2) is 16.9. The zero-order valence-electron chi connectivity index (χ0n) is 37.0. The van der Waals surface area contributed by atoms with Gasteiger partial charge in [-0.3, -0.25) is 4.98 Å². The minimum atomic E-state index is -1.37. The topological polar surface area (TPSA) is 56.7 Å². The van der Waals surface area contributed by atoms with Crippen LogP contribution in [0.3, 0.4) is 0 Å². The van der Waals surface area contributed by atoms with Crippen LogP contribution < -0.4 is 5.19 Å². The molecule has 0 aliphatic carbocycles. The van der Waals surface area contributed by atoms with E-state index >= 15 is 0 Å². The van der Waals surface area contributed by atoms with Gasteiger partial charge in [0.1, 0.15) is 0 Å². The maximum Gasteiger partial charge on any atom is 0.216 e. The summed E-state index contributed by atoms with van der Waals surface area (Å²) < 4.78 is 8.78. The molecule has 0 N–H and O–H groups in total. The monoisotopic (exact) mass is 1010 g/mol. The largest absolute Gasteiger partial charge is 0.486 e. The number of para-hydroxylation sites is 2. The Bertz CT molecular complexity index is 3240. The number of benzene rings is 6. The summed E-state index contributed by atoms with van der Waals surface area (Å²) >= 11 is 0. The predicted molar refractivity (Wildman–Crippen MR) is 259 cm³/mol. The number of rotatable bonds is 6. The molecule has 10 rings (SSSR count). The average molecular weight is 1010 g/mol. The molecule has 0 bridgehead atoms. The Kier molecular flexibility index (Phi) is 11.7. The molecule has 5 nitrogen and oxygen atoms in total. The van der Waals surface area contributed by atoms with Crippen molar-refractivity contribution in [1.29, 1.82) is 0 Å². The molecule has 0 amide bonds. The van der Waals surface area contributed by atoms with Crippen molar-refractivity contribution in [1.82, 2.24) is 19.5 Å². The minimum Gasteiger partial charge on any atom is -0.486 e. The van der Waals surface area contributed by atoms with Gasteiger partial charge >= 0.3 is 0 Å². The number of fused-ring (bicyclic) bond motifs is 7. The second-order valence-electron chi connectivity index (χ2n) is 18.8. The van der Waals surface area contributed by atoms with Gasteiger partial charge in [0.15, 0.2) is 0 Å². The molecular weight excluding hydrogens is 953 g/mol. The first-order chi connectivity index (χ1) is 29.3. The fourth-order valence-corrected chi connectivity index (χ4v) is 10.4. The summed E-state index contributed by atoms with van der Waals surface area (Å²) in [5.74, 6) is 1.08. The van der Waals surface area contributed by atoms with Crippen LogP contribution in [0.5, 0.6) is 0 Å². The smallest absolute Gasteiger partial charge is 0.216 e. The Labute approximate surface area is 379 Å². The van der Waals surface area contributed by atoms with E-state index in [4.69, 9.17) is 14.4 Å². The first-order valence-electron chi connectivity index (χ1n) is 21.4. The van der Waals surface area contributed by atoms with E-state index < -0.39 is 8.07 Å². The molecule has 62 heavy (non-hydrogen) atoms. The number of aryl methyl sites for hydroxylation is 1. The molecule has 6 aromatic carbocycles. The van der Waals surface area contributed by atoms with Crippen molar-refractivity contribution in [2.45, 2.75) is 73.5 Å². The average Bonchev–Trinajstić information content (AvgIpc) is 3.81. The fraction of sp³-hybridized carbons (Fsp3) is 0.218. The Balaban J connectivity index is 0.000000205. The number of aromatic nitrogens is 4. The van der Waals surface area contributed by atoms with Gasteiger partial charge in [0.25, 0.3) is 0 Å². The van der Waals surface area contributed by atoms with E-state index in [1.54, 1.807) is 0 Å². The standard InChI is InChI=1S/C36H26N3O.C19H26NSi.Ir/c1-21(2)32-25-13-6-4-11-23(25)24-12-5-7-14-26(24)33(32)39-31-18-9-8-17-30(31)38-35(39)29-16-10-15-27-28-20-19-22(3)37-36(28)40-34(27)29;1-19(2,3)13-16-12-17(15-10-8-7-9-11-15)20-14-18(16)21(4,5)6;/h4-15,17-21H,1-3H3;7-10,12,14H,13H2,1-6H3;/q2*-1;. The minimum absolute atomic E-state index is 0. The van der Waals surface area contributed by atoms with Crippen LogP contribution in [0.15, 0.2) is 138 Å². The van der Waals surface area contributed by atoms with Crippen LogP contribution in [0, 0.1) is 24.5 Å². The number of imidazole rings is 1. The Morgan fingerprint density at radius 1 is 0.710 bits per heavy atom. The third-order valence-electron chi connectivity index (χ3n) is 11.5. The van der Waals surface area contributed by atoms with E-state index in [-0.39, 0.29) is 31.4 Å². The van der Waals surface area contributed by atoms with Gasteiger partial charge in [-0.05, 0) is 81.5 Å². The summed E-state index contributed by atoms with van der Waals surface area (Å²) in [4.78, 5) is 14.6. The molecule has 0 unspecified atom stereocenters. The van der Waals surface area contributed by atoms with Gasteiger partial charge in [-0.1, -0.05) is 138 Å². The van der Waals surface area contributed by atoms with Gasteiger partial charge in [-0.25, -0.2) is 4.98 Å². The van der Waals surface area contributed by atoms with Gasteiger partial charge in [0, 0.05) is 42.8 Å². The quantitative estimate of drug-likeness (QED) is 0.0946. The molecule has 0 spiro atoms. The Hall–Kier alpha value is -5.72. The van der Waals surface area contributed by atoms with Crippen LogP contribution in [-0.4, -0.2) is 27.6 Å². The number of hydrogen-bond donors (Lipinski definition) is 0. The summed E-state index contributed by atoms with van der Waals surface area (Å²) in [6.07, 6.45) is 3.21. The zero-order valence-corrected chi connectivity index (χ0v) is 40.4. The second-order valence-corrected chi connectivity index (χ2v) is 23.8. The third kappa shape index (κ3) is 8.06. The van der Waals surface area contributed by atoms with Crippen molar-refractivity contribution >= 4 is 67.9 Å². The summed E-state index contributed by atoms with van der Waals surface area (Å²) in [7, 11) is -1.37. The van der Waals surface area contributed by atoms with Crippen LogP contribution in [0.25, 0.3) is 83.0 Å². The number of furan rings is 1. The molecule has 313 valence electrons. The fourth-order valence-electron chi connectivity index (χ4n) is 8.87. The van der Waals surface area contributed by atoms with Crippen LogP contribution in [0.1, 0.15) is 57.4 Å². The van der Waals surface area contributed by atoms with Crippen LogP contribution in [0.4, 0.5) is 0 Å². The van der Waals surface area contributed by atoms with Crippen molar-refractivity contribution in [3.05, 3.63) is 163 Å². The van der Waals surface area contributed by atoms with E-state index in [0.717, 1.165) is 67.8 Å². The van der Waals surface area contributed by atoms with Crippen molar-refractivity contribution < 1.29 is 24.5 Å². The molecule has 0 fully saturated rings. The molecule has 0 aliphatic heterocycles. The van der Waals surface area contributed by atoms with Crippen LogP contribution >= 0.6 is 0 Å². The normalized spacial score (nSPS) is 12.0. The summed E-state index contributed by atoms with van der Waals surface area (Å²) in [6, 6.07) is 51.1. The van der Waals surface area contributed by atoms with E-state index in [1.165, 1.54) is 37.9 Å². The first kappa shape index (κ1) is 42.9. The maximum absolute atomic E-state index is 6.45. The Morgan fingerprint density at radius 3 is 2.08 bits per heavy atom. The Morgan fingerprint density at radius 2 is 1.39 bits per heavy atom. The van der Waals surface area contributed by atoms with Gasteiger partial charge in [-0.2, -0.15) is 0 Å². The van der Waals surface area contributed by atoms with Crippen molar-refractivity contribution in [3.63, 3.8) is 0 Å². The molecular formula is C55H52IrN4OSi-2. The molecule has 1 radical (unpaired) electrons. The summed E-state index contributed by atoms with van der Waals surface area (Å²) in [5.41, 5.74) is 11.4. The maximum atomic E-state index is 6.45. The summed E-state index contributed by atoms with van der Waals surface area (Å²) in [5, 5.41) is 8.46. The molecule has 0 saturated heterocycles. The molecule has 4 aromatic heterocycles. The molecule has 0 saturated carbocycles. The molecule has 4 heterocycles. The van der Waals surface area contributed by atoms with E-state index in [2.05, 4.69) is 173 Å². The van der Waals surface area contributed by atoms with Crippen molar-refractivity contribution in [3.8, 4) is 28.3 Å². The van der Waals surface area contributed by atoms with Crippen LogP contribution in [0.2, 0.25) is 19.6 Å². The van der Waals surface area contributed by atoms with Gasteiger partial charge in [0.05, 0.1) is 36.2 Å². The van der Waals surface area contributed by atoms with Crippen LogP contribution in [-0.2, 0) is 26.5 Å². The number of nitrogens with zero attached hydrogens (tertiary/aromatic N) is 4. The van der Waals surface area contributed by atoms with Gasteiger partial charge < -0.3 is 14.0 Å². The van der Waals surface area contributed by atoms with Crippen molar-refractivity contribution in [2.24, 2.45) is 5.41 Å². The summed E-state index contributed by atoms with van der Waals surface area (Å²) in [6.45, 7) is 20.6. The number of hydrogen-bond acceptors (Lipinski definition) is 4. The molecule has 0 aliphatic rings. The van der Waals surface area contributed by atoms with Gasteiger partial charge in [-0.15, -0.1) is 54.1 Å². The number of pyridine rings is 2.